The Hall–Kier alpha value is -1.92. The first kappa shape index (κ1) is 23.1. The third-order valence-corrected chi connectivity index (χ3v) is 4.82. The zero-order valence-electron chi connectivity index (χ0n) is 17.7. The van der Waals surface area contributed by atoms with Gasteiger partial charge in [-0.25, -0.2) is 0 Å². The predicted octanol–water partition coefficient (Wildman–Crippen LogP) is 2.01. The number of rotatable bonds is 9. The second-order valence-corrected chi connectivity index (χ2v) is 8.52. The van der Waals surface area contributed by atoms with Crippen LogP contribution in [0.5, 0.6) is 5.75 Å². The number of nitrogens with two attached hydrogens (primary N) is 1. The van der Waals surface area contributed by atoms with E-state index in [1.165, 1.54) is 6.92 Å². The minimum Gasteiger partial charge on any atom is -0.492 e. The first-order valence-corrected chi connectivity index (χ1v) is 9.36. The lowest BCUT2D eigenvalue weighted by Gasteiger charge is -2.36. The molecule has 0 aliphatic heterocycles. The number of hydrogen-bond donors (Lipinski definition) is 3. The van der Waals surface area contributed by atoms with Crippen LogP contribution < -0.4 is 21.1 Å². The Labute approximate surface area is 163 Å². The molecule has 1 aromatic rings. The number of carbonyl (C=O) groups is 2. The van der Waals surface area contributed by atoms with E-state index in [0.29, 0.717) is 13.2 Å². The van der Waals surface area contributed by atoms with Crippen LogP contribution in [-0.2, 0) is 15.0 Å². The fraction of sp³-hybridized carbons (Fsp3) is 0.619. The molecule has 0 saturated carbocycles. The highest BCUT2D eigenvalue weighted by molar-refractivity contribution is 5.91. The van der Waals surface area contributed by atoms with E-state index < -0.39 is 17.5 Å². The van der Waals surface area contributed by atoms with Gasteiger partial charge in [0.15, 0.2) is 5.78 Å². The predicted molar refractivity (Wildman–Crippen MR) is 109 cm³/mol. The molecule has 6 heteroatoms. The monoisotopic (exact) mass is 377 g/mol. The third kappa shape index (κ3) is 6.04. The molecule has 6 nitrogen and oxygen atoms in total. The average molecular weight is 378 g/mol. The Morgan fingerprint density at radius 3 is 2.04 bits per heavy atom. The van der Waals surface area contributed by atoms with Crippen molar-refractivity contribution in [1.29, 1.82) is 0 Å². The first-order chi connectivity index (χ1) is 12.4. The second-order valence-electron chi connectivity index (χ2n) is 8.52. The van der Waals surface area contributed by atoms with E-state index in [4.69, 9.17) is 10.5 Å². The lowest BCUT2D eigenvalue weighted by atomic mass is 9.76. The lowest BCUT2D eigenvalue weighted by molar-refractivity contribution is -0.131. The van der Waals surface area contributed by atoms with Crippen LogP contribution in [0.15, 0.2) is 24.3 Å². The molecule has 4 N–H and O–H groups in total. The van der Waals surface area contributed by atoms with E-state index in [1.807, 2.05) is 58.9 Å². The minimum atomic E-state index is -0.538. The zero-order chi connectivity index (χ0) is 20.8. The summed E-state index contributed by atoms with van der Waals surface area (Å²) in [4.78, 5) is 25.0. The summed E-state index contributed by atoms with van der Waals surface area (Å²) in [6, 6.07) is 6.63. The summed E-state index contributed by atoms with van der Waals surface area (Å²) in [5, 5.41) is 6.05. The highest BCUT2D eigenvalue weighted by Gasteiger charge is 2.39. The van der Waals surface area contributed by atoms with Gasteiger partial charge in [0, 0.05) is 12.0 Å². The molecule has 0 aliphatic carbocycles. The van der Waals surface area contributed by atoms with Gasteiger partial charge in [0.1, 0.15) is 12.4 Å². The number of amides is 1. The number of hydrogen-bond acceptors (Lipinski definition) is 5. The molecule has 2 atom stereocenters. The van der Waals surface area contributed by atoms with Crippen molar-refractivity contribution in [3.05, 3.63) is 29.8 Å². The van der Waals surface area contributed by atoms with Crippen LogP contribution in [0.3, 0.4) is 0 Å². The van der Waals surface area contributed by atoms with Gasteiger partial charge in [-0.2, -0.15) is 0 Å². The maximum absolute atomic E-state index is 13.0. The number of Topliss-reactive ketones (excluding diaryl/α,β-unsaturated/α-hetero) is 1. The molecule has 0 spiro atoms. The van der Waals surface area contributed by atoms with E-state index >= 15 is 0 Å². The molecule has 0 heterocycles. The topological polar surface area (TPSA) is 93.5 Å². The zero-order valence-corrected chi connectivity index (χ0v) is 17.7. The van der Waals surface area contributed by atoms with Gasteiger partial charge in [0.2, 0.25) is 5.91 Å². The number of ketones is 1. The molecule has 1 rings (SSSR count). The van der Waals surface area contributed by atoms with E-state index in [0.717, 1.165) is 11.3 Å². The van der Waals surface area contributed by atoms with Crippen molar-refractivity contribution in [3.63, 3.8) is 0 Å². The number of ether oxygens (including phenoxy) is 1. The summed E-state index contributed by atoms with van der Waals surface area (Å²) in [5.74, 6) is 0.501. The van der Waals surface area contributed by atoms with Gasteiger partial charge in [-0.1, -0.05) is 46.8 Å². The molecule has 1 aromatic carbocycles. The fourth-order valence-corrected chi connectivity index (χ4v) is 3.30. The van der Waals surface area contributed by atoms with E-state index in [-0.39, 0.29) is 17.1 Å². The Bertz CT molecular complexity index is 633. The molecule has 152 valence electrons. The van der Waals surface area contributed by atoms with E-state index in [2.05, 4.69) is 10.6 Å². The van der Waals surface area contributed by atoms with Gasteiger partial charge >= 0.3 is 0 Å². The number of benzene rings is 1. The van der Waals surface area contributed by atoms with Crippen molar-refractivity contribution in [2.75, 3.05) is 20.2 Å². The molecule has 0 fully saturated rings. The normalized spacial score (nSPS) is 14.4. The van der Waals surface area contributed by atoms with Crippen LogP contribution in [0.25, 0.3) is 0 Å². The van der Waals surface area contributed by atoms with Gasteiger partial charge in [-0.15, -0.1) is 0 Å². The van der Waals surface area contributed by atoms with Gasteiger partial charge in [-0.3, -0.25) is 9.59 Å². The largest absolute Gasteiger partial charge is 0.492 e. The van der Waals surface area contributed by atoms with Crippen molar-refractivity contribution in [2.24, 2.45) is 11.1 Å². The molecule has 0 bridgehead atoms. The van der Waals surface area contributed by atoms with Gasteiger partial charge in [0.05, 0.1) is 12.1 Å². The Kier molecular flexibility index (Phi) is 7.99. The van der Waals surface area contributed by atoms with Gasteiger partial charge in [-0.05, 0) is 37.1 Å². The van der Waals surface area contributed by atoms with E-state index in [9.17, 15) is 9.59 Å². The molecular formula is C21H35N3O3. The Morgan fingerprint density at radius 1 is 1.07 bits per heavy atom. The standard InChI is InChI=1S/C21H35N3O3/c1-14(25)17(20(2,3)4)24-19(26)18(23-7)21(5,6)15-8-10-16(11-9-15)27-13-12-22/h8-11,17-18,23H,12-13,22H2,1-7H3,(H,24,26)/t17-,18-/m1/s1. The number of carbonyl (C=O) groups excluding carboxylic acids is 2. The number of nitrogens with one attached hydrogen (secondary N) is 2. The van der Waals surface area contributed by atoms with Crippen LogP contribution >= 0.6 is 0 Å². The average Bonchev–Trinajstić information content (AvgIpc) is 2.57. The maximum atomic E-state index is 13.0. The van der Waals surface area contributed by atoms with Crippen molar-refractivity contribution >= 4 is 11.7 Å². The summed E-state index contributed by atoms with van der Waals surface area (Å²) in [5.41, 5.74) is 5.60. The molecule has 0 aliphatic rings. The minimum absolute atomic E-state index is 0.0510. The first-order valence-electron chi connectivity index (χ1n) is 9.36. The summed E-state index contributed by atoms with van der Waals surface area (Å²) in [6.07, 6.45) is 0. The lowest BCUT2D eigenvalue weighted by Crippen LogP contribution is -2.58. The molecule has 0 radical (unpaired) electrons. The van der Waals surface area contributed by atoms with Crippen LogP contribution in [0.1, 0.15) is 47.1 Å². The third-order valence-electron chi connectivity index (χ3n) is 4.82. The second kappa shape index (κ2) is 9.33. The van der Waals surface area contributed by atoms with Crippen LogP contribution in [0, 0.1) is 5.41 Å². The Balaban J connectivity index is 3.03. The van der Waals surface area contributed by atoms with Crippen LogP contribution in [-0.4, -0.2) is 44.0 Å². The van der Waals surface area contributed by atoms with Gasteiger partial charge in [0.25, 0.3) is 0 Å². The molecule has 1 amide bonds. The molecule has 0 unspecified atom stereocenters. The van der Waals surface area contributed by atoms with Crippen molar-refractivity contribution in [1.82, 2.24) is 10.6 Å². The molecule has 0 aromatic heterocycles. The summed E-state index contributed by atoms with van der Waals surface area (Å²) in [7, 11) is 1.75. The quantitative estimate of drug-likeness (QED) is 0.612. The summed E-state index contributed by atoms with van der Waals surface area (Å²) < 4.78 is 5.52. The molecule has 27 heavy (non-hydrogen) atoms. The summed E-state index contributed by atoms with van der Waals surface area (Å²) >= 11 is 0. The van der Waals surface area contributed by atoms with Crippen molar-refractivity contribution in [2.45, 2.75) is 59.0 Å². The van der Waals surface area contributed by atoms with E-state index in [1.54, 1.807) is 7.05 Å². The SMILES string of the molecule is CN[C@H](C(=O)N[C@H](C(C)=O)C(C)(C)C)C(C)(C)c1ccc(OCCN)cc1. The highest BCUT2D eigenvalue weighted by Crippen LogP contribution is 2.29. The van der Waals surface area contributed by atoms with Crippen molar-refractivity contribution < 1.29 is 14.3 Å². The smallest absolute Gasteiger partial charge is 0.238 e. The van der Waals surface area contributed by atoms with Gasteiger partial charge < -0.3 is 21.1 Å². The molecular weight excluding hydrogens is 342 g/mol. The number of likely N-dealkylation sites (N-methyl/N-ethyl adjacent to an activating group) is 1. The maximum Gasteiger partial charge on any atom is 0.238 e. The Morgan fingerprint density at radius 2 is 1.63 bits per heavy atom. The van der Waals surface area contributed by atoms with Crippen molar-refractivity contribution in [3.8, 4) is 5.75 Å². The summed E-state index contributed by atoms with van der Waals surface area (Å²) in [6.45, 7) is 12.3. The molecule has 0 saturated heterocycles. The van der Waals surface area contributed by atoms with Crippen LogP contribution in [0.2, 0.25) is 0 Å². The van der Waals surface area contributed by atoms with Crippen LogP contribution in [0.4, 0.5) is 0 Å². The fourth-order valence-electron chi connectivity index (χ4n) is 3.30. The highest BCUT2D eigenvalue weighted by atomic mass is 16.5.